The topological polar surface area (TPSA) is 93.6 Å². The lowest BCUT2D eigenvalue weighted by molar-refractivity contribution is 0.0513. The van der Waals surface area contributed by atoms with Crippen LogP contribution in [-0.2, 0) is 14.9 Å². The van der Waals surface area contributed by atoms with Crippen molar-refractivity contribution in [2.45, 2.75) is 31.1 Å². The molecule has 2 fully saturated rings. The van der Waals surface area contributed by atoms with Crippen LogP contribution in [0.2, 0.25) is 0 Å². The number of nitrogens with zero attached hydrogens (tertiary/aromatic N) is 1. The van der Waals surface area contributed by atoms with Crippen LogP contribution in [0.4, 0.5) is 0 Å². The second-order valence-corrected chi connectivity index (χ2v) is 8.52. The molecule has 8 nitrogen and oxygen atoms in total. The molecular formula is C22H33N3O5. The fraction of sp³-hybridized carbons (Fsp3) is 0.682. The SMILES string of the molecule is CN=C(NCC1(CCO)CCOC1)NCC1(c2ccc3c(c2)OCO3)CCOCC1. The fourth-order valence-electron chi connectivity index (χ4n) is 4.61. The van der Waals surface area contributed by atoms with Gasteiger partial charge in [0.05, 0.1) is 6.61 Å². The molecule has 3 aliphatic heterocycles. The molecule has 2 saturated heterocycles. The number of aliphatic hydroxyl groups excluding tert-OH is 1. The minimum Gasteiger partial charge on any atom is -0.454 e. The van der Waals surface area contributed by atoms with Crippen LogP contribution in [0.25, 0.3) is 0 Å². The van der Waals surface area contributed by atoms with E-state index in [1.54, 1.807) is 7.05 Å². The van der Waals surface area contributed by atoms with Gasteiger partial charge in [-0.1, -0.05) is 6.07 Å². The van der Waals surface area contributed by atoms with Crippen molar-refractivity contribution < 1.29 is 24.1 Å². The number of rotatable bonds is 7. The van der Waals surface area contributed by atoms with Crippen LogP contribution in [0.3, 0.4) is 0 Å². The molecule has 0 radical (unpaired) electrons. The van der Waals surface area contributed by atoms with E-state index < -0.39 is 0 Å². The third-order valence-electron chi connectivity index (χ3n) is 6.71. The van der Waals surface area contributed by atoms with Crippen LogP contribution < -0.4 is 20.1 Å². The molecule has 0 aliphatic carbocycles. The van der Waals surface area contributed by atoms with Crippen molar-refractivity contribution in [3.63, 3.8) is 0 Å². The van der Waals surface area contributed by atoms with Crippen molar-refractivity contribution in [2.24, 2.45) is 10.4 Å². The van der Waals surface area contributed by atoms with Gasteiger partial charge in [0, 0.05) is 57.4 Å². The molecule has 3 N–H and O–H groups in total. The molecule has 1 unspecified atom stereocenters. The minimum atomic E-state index is -0.0594. The quantitative estimate of drug-likeness (QED) is 0.455. The second kappa shape index (κ2) is 9.41. The second-order valence-electron chi connectivity index (χ2n) is 8.52. The van der Waals surface area contributed by atoms with Crippen LogP contribution >= 0.6 is 0 Å². The number of ether oxygens (including phenoxy) is 4. The van der Waals surface area contributed by atoms with Gasteiger partial charge in [-0.2, -0.15) is 0 Å². The predicted octanol–water partition coefficient (Wildman–Crippen LogP) is 1.42. The van der Waals surface area contributed by atoms with Crippen LogP contribution in [0, 0.1) is 5.41 Å². The summed E-state index contributed by atoms with van der Waals surface area (Å²) in [5, 5.41) is 16.5. The maximum absolute atomic E-state index is 9.45. The first-order chi connectivity index (χ1) is 14.7. The van der Waals surface area contributed by atoms with E-state index in [0.717, 1.165) is 76.1 Å². The lowest BCUT2D eigenvalue weighted by Gasteiger charge is -2.38. The van der Waals surface area contributed by atoms with E-state index in [0.29, 0.717) is 6.61 Å². The Hall–Kier alpha value is -2.03. The first kappa shape index (κ1) is 21.2. The van der Waals surface area contributed by atoms with Gasteiger partial charge < -0.3 is 34.7 Å². The Kier molecular flexibility index (Phi) is 6.65. The standard InChI is InChI=1S/C22H33N3O5/c1-23-20(24-13-21(4-8-26)5-9-28-15-21)25-14-22(6-10-27-11-7-22)17-2-3-18-19(12-17)30-16-29-18/h2-3,12,26H,4-11,13-16H2,1H3,(H2,23,24,25). The molecule has 0 saturated carbocycles. The summed E-state index contributed by atoms with van der Waals surface area (Å²) in [6.07, 6.45) is 3.54. The first-order valence-electron chi connectivity index (χ1n) is 10.8. The van der Waals surface area contributed by atoms with Gasteiger partial charge in [-0.05, 0) is 43.4 Å². The molecule has 3 heterocycles. The normalized spacial score (nSPS) is 25.3. The average molecular weight is 420 g/mol. The Balaban J connectivity index is 1.43. The summed E-state index contributed by atoms with van der Waals surface area (Å²) in [6.45, 7) is 4.83. The zero-order chi connectivity index (χ0) is 20.9. The highest BCUT2D eigenvalue weighted by Gasteiger charge is 2.37. The maximum Gasteiger partial charge on any atom is 0.231 e. The molecule has 3 aliphatic rings. The van der Waals surface area contributed by atoms with E-state index in [9.17, 15) is 5.11 Å². The van der Waals surface area contributed by atoms with Crippen LogP contribution in [0.15, 0.2) is 23.2 Å². The van der Waals surface area contributed by atoms with Crippen molar-refractivity contribution in [1.29, 1.82) is 0 Å². The van der Waals surface area contributed by atoms with Gasteiger partial charge in [0.2, 0.25) is 6.79 Å². The first-order valence-corrected chi connectivity index (χ1v) is 10.8. The number of hydrogen-bond acceptors (Lipinski definition) is 6. The molecule has 0 aromatic heterocycles. The summed E-state index contributed by atoms with van der Waals surface area (Å²) in [4.78, 5) is 4.42. The van der Waals surface area contributed by atoms with Crippen LogP contribution in [-0.4, -0.2) is 71.0 Å². The number of hydrogen-bond donors (Lipinski definition) is 3. The third-order valence-corrected chi connectivity index (χ3v) is 6.71. The Labute approximate surface area is 177 Å². The fourth-order valence-corrected chi connectivity index (χ4v) is 4.61. The zero-order valence-electron chi connectivity index (χ0n) is 17.7. The number of aliphatic imine (C=N–C) groups is 1. The zero-order valence-corrected chi connectivity index (χ0v) is 17.7. The Morgan fingerprint density at radius 2 is 1.80 bits per heavy atom. The molecule has 0 amide bonds. The monoisotopic (exact) mass is 419 g/mol. The molecule has 1 aromatic carbocycles. The average Bonchev–Trinajstić information content (AvgIpc) is 3.44. The van der Waals surface area contributed by atoms with E-state index >= 15 is 0 Å². The number of benzene rings is 1. The molecule has 8 heteroatoms. The van der Waals surface area contributed by atoms with Gasteiger partial charge in [-0.15, -0.1) is 0 Å². The van der Waals surface area contributed by atoms with Gasteiger partial charge in [-0.25, -0.2) is 0 Å². The lowest BCUT2D eigenvalue weighted by atomic mass is 9.74. The molecule has 1 atom stereocenters. The molecule has 0 spiro atoms. The Morgan fingerprint density at radius 3 is 2.53 bits per heavy atom. The van der Waals surface area contributed by atoms with E-state index in [1.807, 2.05) is 6.07 Å². The summed E-state index contributed by atoms with van der Waals surface area (Å²) in [5.74, 6) is 2.39. The highest BCUT2D eigenvalue weighted by atomic mass is 16.7. The van der Waals surface area contributed by atoms with E-state index in [4.69, 9.17) is 18.9 Å². The van der Waals surface area contributed by atoms with Crippen molar-refractivity contribution in [3.8, 4) is 11.5 Å². The number of fused-ring (bicyclic) bond motifs is 1. The summed E-state index contributed by atoms with van der Waals surface area (Å²) in [5.41, 5.74) is 1.15. The number of nitrogens with one attached hydrogen (secondary N) is 2. The van der Waals surface area contributed by atoms with Gasteiger partial charge in [0.15, 0.2) is 17.5 Å². The van der Waals surface area contributed by atoms with Crippen molar-refractivity contribution >= 4 is 5.96 Å². The van der Waals surface area contributed by atoms with Crippen molar-refractivity contribution in [2.75, 3.05) is 60.0 Å². The molecule has 4 rings (SSSR count). The number of guanidine groups is 1. The molecule has 30 heavy (non-hydrogen) atoms. The summed E-state index contributed by atoms with van der Waals surface area (Å²) in [7, 11) is 1.79. The predicted molar refractivity (Wildman–Crippen MR) is 113 cm³/mol. The number of aliphatic hydroxyl groups is 1. The molecular weight excluding hydrogens is 386 g/mol. The lowest BCUT2D eigenvalue weighted by Crippen LogP contribution is -2.50. The Morgan fingerprint density at radius 1 is 1.03 bits per heavy atom. The van der Waals surface area contributed by atoms with E-state index in [1.165, 1.54) is 5.56 Å². The highest BCUT2D eigenvalue weighted by molar-refractivity contribution is 5.79. The van der Waals surface area contributed by atoms with Crippen LogP contribution in [0.5, 0.6) is 11.5 Å². The summed E-state index contributed by atoms with van der Waals surface area (Å²) < 4.78 is 22.3. The Bertz CT molecular complexity index is 742. The van der Waals surface area contributed by atoms with Gasteiger partial charge in [0.25, 0.3) is 0 Å². The smallest absolute Gasteiger partial charge is 0.231 e. The minimum absolute atomic E-state index is 0.0277. The molecule has 1 aromatic rings. The van der Waals surface area contributed by atoms with Gasteiger partial charge in [0.1, 0.15) is 0 Å². The van der Waals surface area contributed by atoms with E-state index in [-0.39, 0.29) is 24.2 Å². The largest absolute Gasteiger partial charge is 0.454 e. The third kappa shape index (κ3) is 4.50. The van der Waals surface area contributed by atoms with Gasteiger partial charge in [-0.3, -0.25) is 4.99 Å². The summed E-state index contributed by atoms with van der Waals surface area (Å²) >= 11 is 0. The summed E-state index contributed by atoms with van der Waals surface area (Å²) in [6, 6.07) is 6.25. The van der Waals surface area contributed by atoms with Gasteiger partial charge >= 0.3 is 0 Å². The van der Waals surface area contributed by atoms with Crippen molar-refractivity contribution in [1.82, 2.24) is 10.6 Å². The van der Waals surface area contributed by atoms with Crippen molar-refractivity contribution in [3.05, 3.63) is 23.8 Å². The highest BCUT2D eigenvalue weighted by Crippen LogP contribution is 2.40. The maximum atomic E-state index is 9.45. The molecule has 166 valence electrons. The van der Waals surface area contributed by atoms with E-state index in [2.05, 4.69) is 27.8 Å². The molecule has 0 bridgehead atoms. The van der Waals surface area contributed by atoms with Crippen LogP contribution in [0.1, 0.15) is 31.2 Å².